The van der Waals surface area contributed by atoms with E-state index in [1.807, 2.05) is 6.92 Å². The van der Waals surface area contributed by atoms with Gasteiger partial charge in [-0.2, -0.15) is 0 Å². The fourth-order valence-corrected chi connectivity index (χ4v) is 9.73. The van der Waals surface area contributed by atoms with Gasteiger partial charge in [0.05, 0.1) is 17.5 Å². The number of rotatable bonds is 2. The number of carbonyl (C=O) groups is 1. The maximum atomic E-state index is 13.4. The Labute approximate surface area is 210 Å². The van der Waals surface area contributed by atoms with Crippen LogP contribution in [0.25, 0.3) is 0 Å². The van der Waals surface area contributed by atoms with Crippen LogP contribution in [0.3, 0.4) is 0 Å². The highest BCUT2D eigenvalue weighted by Crippen LogP contribution is 2.90. The van der Waals surface area contributed by atoms with Crippen LogP contribution < -0.4 is 5.73 Å². The van der Waals surface area contributed by atoms with Gasteiger partial charge < -0.3 is 15.9 Å². The highest BCUT2D eigenvalue weighted by molar-refractivity contribution is 7.96. The van der Waals surface area contributed by atoms with E-state index in [0.29, 0.717) is 24.9 Å². The van der Waals surface area contributed by atoms with Gasteiger partial charge in [-0.05, 0) is 98.4 Å². The molecule has 7 atom stereocenters. The van der Waals surface area contributed by atoms with Gasteiger partial charge in [0.2, 0.25) is 5.12 Å². The van der Waals surface area contributed by atoms with Crippen LogP contribution in [0.15, 0.2) is 52.7 Å². The van der Waals surface area contributed by atoms with E-state index in [1.54, 1.807) is 18.3 Å². The lowest BCUT2D eigenvalue weighted by Gasteiger charge is -2.60. The molecule has 0 radical (unpaired) electrons. The molecule has 35 heavy (non-hydrogen) atoms. The molecule has 0 aromatic heterocycles. The SMILES string of the molecule is CC12CC(=CN)C(=Nc3ccc(F)cc3)C=C1CCC13CC21C(O)CC1(C)C3CCC1(O)C(=O)S. The second-order valence-corrected chi connectivity index (χ2v) is 12.4. The third-order valence-corrected chi connectivity index (χ3v) is 11.4. The summed E-state index contributed by atoms with van der Waals surface area (Å²) in [7, 11) is 0. The largest absolute Gasteiger partial charge is 0.404 e. The molecule has 5 aliphatic carbocycles. The van der Waals surface area contributed by atoms with Crippen LogP contribution in [-0.2, 0) is 4.79 Å². The van der Waals surface area contributed by atoms with Crippen LogP contribution >= 0.6 is 12.6 Å². The maximum Gasteiger partial charge on any atom is 0.218 e. The van der Waals surface area contributed by atoms with Crippen molar-refractivity contribution in [2.45, 2.75) is 70.5 Å². The summed E-state index contributed by atoms with van der Waals surface area (Å²) >= 11 is 4.07. The Kier molecular flexibility index (Phi) is 4.74. The number of allylic oxidation sites excluding steroid dienone is 3. The Morgan fingerprint density at radius 2 is 1.97 bits per heavy atom. The minimum Gasteiger partial charge on any atom is -0.404 e. The summed E-state index contributed by atoms with van der Waals surface area (Å²) in [6.45, 7) is 4.25. The van der Waals surface area contributed by atoms with Gasteiger partial charge in [0.15, 0.2) is 0 Å². The van der Waals surface area contributed by atoms with Gasteiger partial charge in [0.1, 0.15) is 11.4 Å². The number of nitrogens with zero attached hydrogens (tertiary/aromatic N) is 1. The Hall–Kier alpha value is -1.96. The molecule has 0 amide bonds. The molecule has 1 aromatic carbocycles. The number of hydrogen-bond acceptors (Lipinski definition) is 5. The molecule has 186 valence electrons. The van der Waals surface area contributed by atoms with Crippen molar-refractivity contribution in [1.82, 2.24) is 0 Å². The molecule has 6 rings (SSSR count). The number of aliphatic hydroxyl groups excluding tert-OH is 1. The monoisotopic (exact) mass is 496 g/mol. The Balaban J connectivity index is 1.43. The molecule has 5 nitrogen and oxygen atoms in total. The van der Waals surface area contributed by atoms with E-state index in [4.69, 9.17) is 10.7 Å². The van der Waals surface area contributed by atoms with Crippen molar-refractivity contribution in [2.75, 3.05) is 0 Å². The topological polar surface area (TPSA) is 95.9 Å². The van der Waals surface area contributed by atoms with E-state index in [9.17, 15) is 19.4 Å². The summed E-state index contributed by atoms with van der Waals surface area (Å²) in [6.07, 6.45) is 8.06. The van der Waals surface area contributed by atoms with Crippen molar-refractivity contribution >= 4 is 29.1 Å². The molecule has 7 heteroatoms. The summed E-state index contributed by atoms with van der Waals surface area (Å²) in [5, 5.41) is 22.8. The Morgan fingerprint density at radius 1 is 1.26 bits per heavy atom. The normalized spacial score (nSPS) is 48.0. The van der Waals surface area contributed by atoms with Gasteiger partial charge >= 0.3 is 0 Å². The van der Waals surface area contributed by atoms with Crippen LogP contribution in [-0.4, -0.2) is 32.7 Å². The smallest absolute Gasteiger partial charge is 0.218 e. The number of fused-ring (bicyclic) bond motifs is 2. The van der Waals surface area contributed by atoms with Crippen LogP contribution in [0.2, 0.25) is 0 Å². The second-order valence-electron chi connectivity index (χ2n) is 12.0. The summed E-state index contributed by atoms with van der Waals surface area (Å²) < 4.78 is 13.4. The highest BCUT2D eigenvalue weighted by Gasteiger charge is 2.87. The van der Waals surface area contributed by atoms with Crippen LogP contribution in [0, 0.1) is 33.4 Å². The number of hydrogen-bond donors (Lipinski definition) is 4. The first-order chi connectivity index (χ1) is 16.5. The number of nitrogens with two attached hydrogens (primary N) is 1. The van der Waals surface area contributed by atoms with Gasteiger partial charge in [0.25, 0.3) is 0 Å². The van der Waals surface area contributed by atoms with Crippen molar-refractivity contribution in [3.05, 3.63) is 53.5 Å². The second kappa shape index (κ2) is 7.08. The van der Waals surface area contributed by atoms with E-state index < -0.39 is 22.2 Å². The fraction of sp³-hybridized carbons (Fsp3) is 0.571. The predicted molar refractivity (Wildman–Crippen MR) is 136 cm³/mol. The fourth-order valence-electron chi connectivity index (χ4n) is 9.36. The quantitative estimate of drug-likeness (QED) is 0.450. The zero-order chi connectivity index (χ0) is 25.0. The molecule has 0 saturated heterocycles. The maximum absolute atomic E-state index is 13.4. The number of aliphatic hydroxyl groups is 2. The van der Waals surface area contributed by atoms with Crippen molar-refractivity contribution < 1.29 is 19.4 Å². The average molecular weight is 497 g/mol. The molecule has 0 heterocycles. The molecule has 4 fully saturated rings. The molecular weight excluding hydrogens is 463 g/mol. The summed E-state index contributed by atoms with van der Waals surface area (Å²) in [6, 6.07) is 6.11. The minimum absolute atomic E-state index is 0.107. The predicted octanol–water partition coefficient (Wildman–Crippen LogP) is 4.62. The van der Waals surface area contributed by atoms with E-state index in [0.717, 1.165) is 37.0 Å². The first kappa shape index (κ1) is 23.4. The number of halogens is 1. The van der Waals surface area contributed by atoms with Crippen molar-refractivity contribution in [2.24, 2.45) is 38.3 Å². The molecule has 4 saturated carbocycles. The molecule has 5 aliphatic rings. The summed E-state index contributed by atoms with van der Waals surface area (Å²) in [4.78, 5) is 17.2. The minimum atomic E-state index is -1.49. The Bertz CT molecular complexity index is 1230. The molecule has 1 aromatic rings. The van der Waals surface area contributed by atoms with Crippen LogP contribution in [0.4, 0.5) is 10.1 Å². The summed E-state index contributed by atoms with van der Waals surface area (Å²) in [5.41, 5.74) is 6.90. The molecule has 0 aliphatic heterocycles. The van der Waals surface area contributed by atoms with Gasteiger partial charge in [0, 0.05) is 16.2 Å². The molecular formula is C28H33FN2O3S. The molecule has 4 N–H and O–H groups in total. The first-order valence-electron chi connectivity index (χ1n) is 12.6. The number of carbonyl (C=O) groups excluding carboxylic acids is 1. The van der Waals surface area contributed by atoms with E-state index in [-0.39, 0.29) is 28.0 Å². The van der Waals surface area contributed by atoms with E-state index >= 15 is 0 Å². The molecule has 7 unspecified atom stereocenters. The first-order valence-corrected chi connectivity index (χ1v) is 13.0. The van der Waals surface area contributed by atoms with Gasteiger partial charge in [-0.3, -0.25) is 4.79 Å². The number of thiol groups is 1. The molecule has 0 spiro atoms. The van der Waals surface area contributed by atoms with Gasteiger partial charge in [-0.1, -0.05) is 19.4 Å². The zero-order valence-electron chi connectivity index (χ0n) is 20.2. The van der Waals surface area contributed by atoms with Crippen LogP contribution in [0.1, 0.15) is 58.8 Å². The number of benzene rings is 1. The summed E-state index contributed by atoms with van der Waals surface area (Å²) in [5.74, 6) is -0.135. The van der Waals surface area contributed by atoms with E-state index in [1.165, 1.54) is 17.7 Å². The lowest BCUT2D eigenvalue weighted by Crippen LogP contribution is -2.61. The van der Waals surface area contributed by atoms with Crippen molar-refractivity contribution in [1.29, 1.82) is 0 Å². The third kappa shape index (κ3) is 2.62. The molecule has 0 bridgehead atoms. The standard InChI is InChI=1S/C28H33FN2O3S/c1-24-12-16(14-30)20(31-19-5-3-18(29)4-6-19)11-17(24)7-9-26-15-27(24,26)22(32)13-25(2)21(26)8-10-28(25,34)23(33)35/h3-6,11,14,21-22,32,34H,7-10,12-13,15,30H2,1-2H3,(H,33,35). The Morgan fingerprint density at radius 3 is 2.63 bits per heavy atom. The van der Waals surface area contributed by atoms with Crippen LogP contribution in [0.5, 0.6) is 0 Å². The third-order valence-electron chi connectivity index (χ3n) is 11.1. The lowest BCUT2D eigenvalue weighted by atomic mass is 9.45. The average Bonchev–Trinajstić information content (AvgIpc) is 3.46. The lowest BCUT2D eigenvalue weighted by molar-refractivity contribution is -0.173. The van der Waals surface area contributed by atoms with Crippen molar-refractivity contribution in [3.8, 4) is 0 Å². The zero-order valence-corrected chi connectivity index (χ0v) is 21.1. The highest BCUT2D eigenvalue weighted by atomic mass is 32.1. The number of aliphatic imine (C=N–C) groups is 1. The van der Waals surface area contributed by atoms with Gasteiger partial charge in [-0.25, -0.2) is 9.38 Å². The van der Waals surface area contributed by atoms with Gasteiger partial charge in [-0.15, -0.1) is 12.6 Å². The van der Waals surface area contributed by atoms with Crippen molar-refractivity contribution in [3.63, 3.8) is 0 Å². The van der Waals surface area contributed by atoms with E-state index in [2.05, 4.69) is 25.6 Å².